The van der Waals surface area contributed by atoms with Gasteiger partial charge in [-0.3, -0.25) is 0 Å². The summed E-state index contributed by atoms with van der Waals surface area (Å²) in [7, 11) is 4.00. The third kappa shape index (κ3) is 6.59. The molecule has 140 valence electrons. The first-order valence-electron chi connectivity index (χ1n) is 8.95. The van der Waals surface area contributed by atoms with E-state index in [0.29, 0.717) is 11.8 Å². The number of aliphatic imine (C=N–C) groups is 1. The standard InChI is InChI=1S/C20H29N5S/c1-5-21-20(23-14-16(2)26-18-11-7-6-8-12-18)24-15-17-10-9-13-22-19(17)25(3)4/h6-13,16H,5,14-15H2,1-4H3,(H2,21,23,24). The molecule has 0 saturated heterocycles. The summed E-state index contributed by atoms with van der Waals surface area (Å²) in [6.45, 7) is 6.57. The third-order valence-electron chi connectivity index (χ3n) is 3.68. The second-order valence-corrected chi connectivity index (χ2v) is 7.71. The number of rotatable bonds is 8. The Morgan fingerprint density at radius 1 is 1.15 bits per heavy atom. The molecule has 0 saturated carbocycles. The SMILES string of the molecule is CCNC(=NCc1cccnc1N(C)C)NCC(C)Sc1ccccc1. The number of nitrogens with one attached hydrogen (secondary N) is 2. The molecule has 0 spiro atoms. The number of hydrogen-bond acceptors (Lipinski definition) is 4. The number of thioether (sulfide) groups is 1. The van der Waals surface area contributed by atoms with Crippen LogP contribution in [0.25, 0.3) is 0 Å². The van der Waals surface area contributed by atoms with Crippen molar-refractivity contribution in [2.45, 2.75) is 30.5 Å². The van der Waals surface area contributed by atoms with Gasteiger partial charge in [-0.25, -0.2) is 9.98 Å². The maximum atomic E-state index is 4.72. The van der Waals surface area contributed by atoms with Gasteiger partial charge in [0.15, 0.2) is 5.96 Å². The Kier molecular flexibility index (Phi) is 8.28. The van der Waals surface area contributed by atoms with Crippen LogP contribution in [0.15, 0.2) is 58.5 Å². The van der Waals surface area contributed by atoms with E-state index in [9.17, 15) is 0 Å². The summed E-state index contributed by atoms with van der Waals surface area (Å²) in [6, 6.07) is 14.5. The van der Waals surface area contributed by atoms with Crippen molar-refractivity contribution in [2.24, 2.45) is 4.99 Å². The first-order chi connectivity index (χ1) is 12.6. The number of benzene rings is 1. The maximum absolute atomic E-state index is 4.72. The molecule has 0 aliphatic heterocycles. The molecule has 1 aromatic heterocycles. The molecule has 1 aromatic carbocycles. The Hall–Kier alpha value is -2.21. The Balaban J connectivity index is 1.94. The van der Waals surface area contributed by atoms with Crippen LogP contribution in [0.5, 0.6) is 0 Å². The summed E-state index contributed by atoms with van der Waals surface area (Å²) in [5.74, 6) is 1.79. The second-order valence-electron chi connectivity index (χ2n) is 6.20. The van der Waals surface area contributed by atoms with Gasteiger partial charge in [0.25, 0.3) is 0 Å². The van der Waals surface area contributed by atoms with Gasteiger partial charge in [-0.1, -0.05) is 31.2 Å². The number of guanidine groups is 1. The van der Waals surface area contributed by atoms with Crippen LogP contribution < -0.4 is 15.5 Å². The van der Waals surface area contributed by atoms with Crippen LogP contribution in [0.2, 0.25) is 0 Å². The monoisotopic (exact) mass is 371 g/mol. The van der Waals surface area contributed by atoms with E-state index < -0.39 is 0 Å². The van der Waals surface area contributed by atoms with Crippen LogP contribution in [0.1, 0.15) is 19.4 Å². The molecule has 2 aromatic rings. The highest BCUT2D eigenvalue weighted by atomic mass is 32.2. The summed E-state index contributed by atoms with van der Waals surface area (Å²) in [5.41, 5.74) is 1.11. The zero-order valence-electron chi connectivity index (χ0n) is 16.1. The molecule has 1 atom stereocenters. The van der Waals surface area contributed by atoms with E-state index in [4.69, 9.17) is 4.99 Å². The fourth-order valence-electron chi connectivity index (χ4n) is 2.48. The van der Waals surface area contributed by atoms with E-state index in [1.54, 1.807) is 0 Å². The van der Waals surface area contributed by atoms with Gasteiger partial charge in [0.2, 0.25) is 0 Å². The minimum absolute atomic E-state index is 0.442. The fraction of sp³-hybridized carbons (Fsp3) is 0.400. The number of anilines is 1. The van der Waals surface area contributed by atoms with Crippen molar-refractivity contribution in [2.75, 3.05) is 32.1 Å². The Labute approximate surface area is 161 Å². The lowest BCUT2D eigenvalue weighted by Crippen LogP contribution is -2.40. The molecule has 0 radical (unpaired) electrons. The zero-order chi connectivity index (χ0) is 18.8. The average Bonchev–Trinajstić information content (AvgIpc) is 2.65. The molecule has 2 N–H and O–H groups in total. The van der Waals surface area contributed by atoms with Gasteiger partial charge in [-0.2, -0.15) is 0 Å². The largest absolute Gasteiger partial charge is 0.362 e. The first-order valence-corrected chi connectivity index (χ1v) is 9.83. The summed E-state index contributed by atoms with van der Waals surface area (Å²) < 4.78 is 0. The van der Waals surface area contributed by atoms with E-state index in [1.807, 2.05) is 49.1 Å². The van der Waals surface area contributed by atoms with Crippen LogP contribution in [0.3, 0.4) is 0 Å². The van der Waals surface area contributed by atoms with E-state index in [0.717, 1.165) is 30.4 Å². The van der Waals surface area contributed by atoms with Gasteiger partial charge < -0.3 is 15.5 Å². The highest BCUT2D eigenvalue weighted by molar-refractivity contribution is 8.00. The van der Waals surface area contributed by atoms with E-state index in [-0.39, 0.29) is 0 Å². The van der Waals surface area contributed by atoms with Crippen LogP contribution in [0, 0.1) is 0 Å². The molecule has 1 heterocycles. The molecule has 6 heteroatoms. The van der Waals surface area contributed by atoms with E-state index in [1.165, 1.54) is 4.90 Å². The molecular weight excluding hydrogens is 342 g/mol. The lowest BCUT2D eigenvalue weighted by atomic mass is 10.2. The van der Waals surface area contributed by atoms with Crippen molar-refractivity contribution in [3.63, 3.8) is 0 Å². The van der Waals surface area contributed by atoms with Crippen molar-refractivity contribution in [3.8, 4) is 0 Å². The van der Waals surface area contributed by atoms with Crippen molar-refractivity contribution in [1.82, 2.24) is 15.6 Å². The Morgan fingerprint density at radius 2 is 1.92 bits per heavy atom. The molecule has 0 aliphatic rings. The third-order valence-corrected chi connectivity index (χ3v) is 4.79. The lowest BCUT2D eigenvalue weighted by molar-refractivity contribution is 0.794. The van der Waals surface area contributed by atoms with E-state index in [2.05, 4.69) is 59.8 Å². The molecule has 0 amide bonds. The zero-order valence-corrected chi connectivity index (χ0v) is 16.9. The number of hydrogen-bond donors (Lipinski definition) is 2. The summed E-state index contributed by atoms with van der Waals surface area (Å²) in [4.78, 5) is 12.5. The van der Waals surface area contributed by atoms with Crippen LogP contribution in [-0.2, 0) is 6.54 Å². The van der Waals surface area contributed by atoms with Crippen LogP contribution >= 0.6 is 11.8 Å². The lowest BCUT2D eigenvalue weighted by Gasteiger charge is -2.17. The summed E-state index contributed by atoms with van der Waals surface area (Å²) in [6.07, 6.45) is 1.81. The Morgan fingerprint density at radius 3 is 2.62 bits per heavy atom. The van der Waals surface area contributed by atoms with Gasteiger partial charge in [0.1, 0.15) is 5.82 Å². The summed E-state index contributed by atoms with van der Waals surface area (Å²) in [5, 5.41) is 7.20. The van der Waals surface area contributed by atoms with Crippen molar-refractivity contribution in [1.29, 1.82) is 0 Å². The molecule has 26 heavy (non-hydrogen) atoms. The van der Waals surface area contributed by atoms with E-state index >= 15 is 0 Å². The highest BCUT2D eigenvalue weighted by Gasteiger charge is 2.08. The van der Waals surface area contributed by atoms with Gasteiger partial charge in [0, 0.05) is 49.1 Å². The maximum Gasteiger partial charge on any atom is 0.191 e. The van der Waals surface area contributed by atoms with Crippen LogP contribution in [-0.4, -0.2) is 43.4 Å². The molecule has 0 bridgehead atoms. The molecule has 2 rings (SSSR count). The first kappa shape index (κ1) is 20.1. The van der Waals surface area contributed by atoms with Crippen molar-refractivity contribution >= 4 is 23.5 Å². The molecular formula is C20H29N5S. The van der Waals surface area contributed by atoms with Gasteiger partial charge in [0.05, 0.1) is 6.54 Å². The average molecular weight is 372 g/mol. The number of aromatic nitrogens is 1. The van der Waals surface area contributed by atoms with Crippen LogP contribution in [0.4, 0.5) is 5.82 Å². The normalized spacial score (nSPS) is 12.5. The minimum Gasteiger partial charge on any atom is -0.362 e. The van der Waals surface area contributed by atoms with Crippen molar-refractivity contribution in [3.05, 3.63) is 54.2 Å². The van der Waals surface area contributed by atoms with Gasteiger partial charge in [-0.15, -0.1) is 11.8 Å². The molecule has 0 aliphatic carbocycles. The van der Waals surface area contributed by atoms with Crippen molar-refractivity contribution < 1.29 is 0 Å². The number of nitrogens with zero attached hydrogens (tertiary/aromatic N) is 3. The predicted octanol–water partition coefficient (Wildman–Crippen LogP) is 3.38. The summed E-state index contributed by atoms with van der Waals surface area (Å²) >= 11 is 1.86. The topological polar surface area (TPSA) is 52.6 Å². The molecule has 1 unspecified atom stereocenters. The number of pyridine rings is 1. The molecule has 0 fully saturated rings. The van der Waals surface area contributed by atoms with Gasteiger partial charge in [-0.05, 0) is 25.1 Å². The Bertz CT molecular complexity index is 688. The minimum atomic E-state index is 0.442. The fourth-order valence-corrected chi connectivity index (χ4v) is 3.42. The smallest absolute Gasteiger partial charge is 0.191 e. The molecule has 5 nitrogen and oxygen atoms in total. The second kappa shape index (κ2) is 10.7. The van der Waals surface area contributed by atoms with Gasteiger partial charge >= 0.3 is 0 Å². The quantitative estimate of drug-likeness (QED) is 0.423. The highest BCUT2D eigenvalue weighted by Crippen LogP contribution is 2.22. The predicted molar refractivity (Wildman–Crippen MR) is 113 cm³/mol.